The average molecular weight is 412 g/mol. The van der Waals surface area contributed by atoms with Crippen LogP contribution in [0.1, 0.15) is 27.7 Å². The molecule has 0 unspecified atom stereocenters. The van der Waals surface area contributed by atoms with Crippen LogP contribution in [-0.4, -0.2) is 7.25 Å². The predicted octanol–water partition coefficient (Wildman–Crippen LogP) is 8.58. The average Bonchev–Trinajstić information content (AvgIpc) is 2.15. The number of rotatable bonds is 4. The molecule has 0 aliphatic heterocycles. The van der Waals surface area contributed by atoms with Gasteiger partial charge in [0, 0.05) is 0 Å². The van der Waals surface area contributed by atoms with E-state index in [0.717, 1.165) is 0 Å². The SMILES string of the molecule is C[CH2][Cu]([CH2]C)([CH2]C)[CH2]C.F[B-](F)(F)F.F[P-](F)(F)(F)(F)F. The van der Waals surface area contributed by atoms with Gasteiger partial charge < -0.3 is 17.3 Å². The van der Waals surface area contributed by atoms with Gasteiger partial charge in [-0.3, -0.25) is 0 Å². The van der Waals surface area contributed by atoms with Crippen LogP contribution in [0.15, 0.2) is 0 Å². The minimum atomic E-state index is -10.7. The number of halogens is 10. The summed E-state index contributed by atoms with van der Waals surface area (Å²) in [6.45, 7) is 9.35. The Kier molecular flexibility index (Phi) is 9.65. The summed E-state index contributed by atoms with van der Waals surface area (Å²) in [4.78, 5) is 0. The fourth-order valence-corrected chi connectivity index (χ4v) is 3.73. The van der Waals surface area contributed by atoms with Crippen molar-refractivity contribution in [1.29, 1.82) is 0 Å². The Morgan fingerprint density at radius 2 is 0.714 bits per heavy atom. The van der Waals surface area contributed by atoms with Crippen molar-refractivity contribution >= 4 is 15.1 Å². The van der Waals surface area contributed by atoms with E-state index < -0.39 is 15.1 Å². The molecule has 0 saturated heterocycles. The van der Waals surface area contributed by atoms with E-state index in [-0.39, 0.29) is 12.8 Å². The van der Waals surface area contributed by atoms with E-state index >= 15 is 0 Å². The second kappa shape index (κ2) is 7.73. The van der Waals surface area contributed by atoms with Crippen LogP contribution in [0, 0.1) is 0 Å². The van der Waals surface area contributed by atoms with Crippen molar-refractivity contribution in [3.05, 3.63) is 0 Å². The molecular formula is C8H20BCuF10P-2. The zero-order valence-electron chi connectivity index (χ0n) is 11.9. The van der Waals surface area contributed by atoms with Crippen molar-refractivity contribution in [3.8, 4) is 0 Å². The van der Waals surface area contributed by atoms with E-state index in [1.807, 2.05) is 0 Å². The summed E-state index contributed by atoms with van der Waals surface area (Å²) >= 11 is -0.0972. The first-order valence-electron chi connectivity index (χ1n) is 5.57. The molecule has 21 heavy (non-hydrogen) atoms. The summed E-state index contributed by atoms with van der Waals surface area (Å²) in [5, 5.41) is 5.69. The quantitative estimate of drug-likeness (QED) is 0.247. The summed E-state index contributed by atoms with van der Waals surface area (Å²) in [6, 6.07) is 0. The Bertz CT molecular complexity index is 245. The van der Waals surface area contributed by atoms with Gasteiger partial charge in [0.25, 0.3) is 0 Å². The third-order valence-electron chi connectivity index (χ3n) is 1.81. The minimum absolute atomic E-state index is 0.0972. The first kappa shape index (κ1) is 26.2. The summed E-state index contributed by atoms with van der Waals surface area (Å²) in [5.41, 5.74) is 0. The van der Waals surface area contributed by atoms with Gasteiger partial charge in [0.05, 0.1) is 0 Å². The molecule has 0 heterocycles. The van der Waals surface area contributed by atoms with E-state index in [2.05, 4.69) is 27.7 Å². The molecule has 0 aromatic carbocycles. The molecule has 0 radical (unpaired) electrons. The van der Waals surface area contributed by atoms with Gasteiger partial charge in [0.2, 0.25) is 0 Å². The van der Waals surface area contributed by atoms with Crippen LogP contribution in [-0.2, 0) is 12.8 Å². The molecule has 0 amide bonds. The van der Waals surface area contributed by atoms with E-state index in [4.69, 9.17) is 0 Å². The fourth-order valence-electron chi connectivity index (χ4n) is 0.905. The third kappa shape index (κ3) is 44.9. The van der Waals surface area contributed by atoms with Crippen molar-refractivity contribution in [2.75, 3.05) is 0 Å². The van der Waals surface area contributed by atoms with Crippen LogP contribution >= 0.6 is 7.81 Å². The molecule has 0 rings (SSSR count). The van der Waals surface area contributed by atoms with E-state index in [0.29, 0.717) is 0 Å². The van der Waals surface area contributed by atoms with Crippen LogP contribution in [0.25, 0.3) is 0 Å². The molecule has 0 aliphatic rings. The monoisotopic (exact) mass is 411 g/mol. The Labute approximate surface area is 120 Å². The van der Waals surface area contributed by atoms with Crippen molar-refractivity contribution in [1.82, 2.24) is 0 Å². The van der Waals surface area contributed by atoms with Gasteiger partial charge in [-0.2, -0.15) is 0 Å². The Hall–Kier alpha value is 0.314. The number of hydrogen-bond donors (Lipinski definition) is 0. The van der Waals surface area contributed by atoms with Gasteiger partial charge in [-0.1, -0.05) is 0 Å². The van der Waals surface area contributed by atoms with Crippen molar-refractivity contribution < 1.29 is 55.3 Å². The Balaban J connectivity index is -0.000000242. The number of hydrogen-bond acceptors (Lipinski definition) is 0. The van der Waals surface area contributed by atoms with Gasteiger partial charge in [-0.25, -0.2) is 0 Å². The fraction of sp³-hybridized carbons (Fsp3) is 1.00. The van der Waals surface area contributed by atoms with Gasteiger partial charge in [0.15, 0.2) is 0 Å². The Morgan fingerprint density at radius 3 is 0.714 bits per heavy atom. The summed E-state index contributed by atoms with van der Waals surface area (Å²) in [7, 11) is -16.7. The third-order valence-corrected chi connectivity index (χ3v) is 7.46. The van der Waals surface area contributed by atoms with Crippen LogP contribution in [0.2, 0.25) is 21.3 Å². The summed E-state index contributed by atoms with van der Waals surface area (Å²) in [6.07, 6.45) is 0. The maximum atomic E-state index is 9.87. The van der Waals surface area contributed by atoms with Gasteiger partial charge in [-0.05, 0) is 0 Å². The maximum absolute atomic E-state index is 10.7. The molecule has 13 heteroatoms. The molecule has 0 spiro atoms. The molecular weight excluding hydrogens is 391 g/mol. The van der Waals surface area contributed by atoms with Crippen LogP contribution < -0.4 is 0 Å². The van der Waals surface area contributed by atoms with Crippen LogP contribution in [0.4, 0.5) is 42.4 Å². The molecule has 143 valence electrons. The molecule has 0 aromatic rings. The Morgan fingerprint density at radius 1 is 0.619 bits per heavy atom. The standard InChI is InChI=1S/4C2H5.BF4.Cu.F6P/c4*1-2;2-1(3,4)5;;1-7(2,3,4,5)6/h4*1H2,2H3;;;/q;;;;-1;;-1. The topological polar surface area (TPSA) is 0 Å². The molecule has 0 saturated carbocycles. The van der Waals surface area contributed by atoms with E-state index in [9.17, 15) is 42.4 Å². The van der Waals surface area contributed by atoms with Crippen molar-refractivity contribution in [2.45, 2.75) is 49.0 Å². The summed E-state index contributed by atoms with van der Waals surface area (Å²) in [5.74, 6) is 0. The summed E-state index contributed by atoms with van der Waals surface area (Å²) < 4.78 is 98.2. The van der Waals surface area contributed by atoms with Gasteiger partial charge in [0.1, 0.15) is 0 Å². The zero-order valence-corrected chi connectivity index (χ0v) is 13.8. The molecule has 0 aliphatic carbocycles. The van der Waals surface area contributed by atoms with E-state index in [1.165, 1.54) is 21.3 Å². The second-order valence-electron chi connectivity index (χ2n) is 3.21. The molecule has 0 bridgehead atoms. The van der Waals surface area contributed by atoms with Gasteiger partial charge >= 0.3 is 102 Å². The molecule has 0 fully saturated rings. The van der Waals surface area contributed by atoms with Crippen molar-refractivity contribution in [3.63, 3.8) is 0 Å². The normalized spacial score (nSPS) is 16.5. The molecule has 0 nitrogen and oxygen atoms in total. The van der Waals surface area contributed by atoms with Crippen LogP contribution in [0.3, 0.4) is 0 Å². The predicted molar refractivity (Wildman–Crippen MR) is 65.7 cm³/mol. The second-order valence-corrected chi connectivity index (χ2v) is 10.6. The van der Waals surface area contributed by atoms with Crippen LogP contribution in [0.5, 0.6) is 0 Å². The van der Waals surface area contributed by atoms with Gasteiger partial charge in [-0.15, -0.1) is 0 Å². The molecule has 0 aromatic heterocycles. The van der Waals surface area contributed by atoms with E-state index in [1.54, 1.807) is 0 Å². The first-order chi connectivity index (χ1) is 8.69. The zero-order chi connectivity index (χ0) is 18.2. The first-order valence-corrected chi connectivity index (χ1v) is 10.3. The molecule has 0 N–H and O–H groups in total. The van der Waals surface area contributed by atoms with Crippen molar-refractivity contribution in [2.24, 2.45) is 0 Å². The molecule has 0 atom stereocenters.